The van der Waals surface area contributed by atoms with Crippen LogP contribution in [0.1, 0.15) is 23.7 Å². The molecule has 5 nitrogen and oxygen atoms in total. The van der Waals surface area contributed by atoms with Gasteiger partial charge in [-0.25, -0.2) is 4.98 Å². The van der Waals surface area contributed by atoms with Gasteiger partial charge in [0.2, 0.25) is 5.91 Å². The molecule has 2 amide bonds. The standard InChI is InChI=1S/C11H14ClN3O2/c1-2-13-10(16)5-6-14-11(17)8-3-4-9(12)15-7-8/h3-4,7H,2,5-6H2,1H3,(H,13,16)(H,14,17). The molecule has 0 atom stereocenters. The van der Waals surface area contributed by atoms with Crippen molar-refractivity contribution in [3.8, 4) is 0 Å². The molecule has 0 bridgehead atoms. The third-order valence-corrected chi connectivity index (χ3v) is 2.22. The number of nitrogens with one attached hydrogen (secondary N) is 2. The first-order valence-corrected chi connectivity index (χ1v) is 5.67. The van der Waals surface area contributed by atoms with Crippen LogP contribution in [0.2, 0.25) is 5.15 Å². The monoisotopic (exact) mass is 255 g/mol. The molecule has 0 aliphatic rings. The quantitative estimate of drug-likeness (QED) is 0.771. The van der Waals surface area contributed by atoms with Crippen molar-refractivity contribution in [2.24, 2.45) is 0 Å². The van der Waals surface area contributed by atoms with E-state index in [-0.39, 0.29) is 18.2 Å². The Morgan fingerprint density at radius 2 is 2.12 bits per heavy atom. The second-order valence-electron chi connectivity index (χ2n) is 3.33. The highest BCUT2D eigenvalue weighted by Gasteiger charge is 2.06. The molecular formula is C11H14ClN3O2. The zero-order chi connectivity index (χ0) is 12.7. The van der Waals surface area contributed by atoms with Crippen LogP contribution in [-0.4, -0.2) is 29.9 Å². The van der Waals surface area contributed by atoms with E-state index in [0.29, 0.717) is 23.8 Å². The predicted molar refractivity (Wildman–Crippen MR) is 64.9 cm³/mol. The molecular weight excluding hydrogens is 242 g/mol. The number of aromatic nitrogens is 1. The molecule has 0 fully saturated rings. The minimum absolute atomic E-state index is 0.0815. The molecule has 0 saturated carbocycles. The number of amides is 2. The van der Waals surface area contributed by atoms with E-state index < -0.39 is 0 Å². The zero-order valence-corrected chi connectivity index (χ0v) is 10.3. The summed E-state index contributed by atoms with van der Waals surface area (Å²) in [4.78, 5) is 26.5. The number of rotatable bonds is 5. The van der Waals surface area contributed by atoms with Crippen molar-refractivity contribution >= 4 is 23.4 Å². The van der Waals surface area contributed by atoms with E-state index in [4.69, 9.17) is 11.6 Å². The van der Waals surface area contributed by atoms with Crippen LogP contribution in [0.25, 0.3) is 0 Å². The van der Waals surface area contributed by atoms with Gasteiger partial charge in [0.1, 0.15) is 5.15 Å². The topological polar surface area (TPSA) is 71.1 Å². The summed E-state index contributed by atoms with van der Waals surface area (Å²) < 4.78 is 0. The van der Waals surface area contributed by atoms with Gasteiger partial charge in [0.15, 0.2) is 0 Å². The smallest absolute Gasteiger partial charge is 0.252 e. The van der Waals surface area contributed by atoms with Crippen LogP contribution in [0.3, 0.4) is 0 Å². The second-order valence-corrected chi connectivity index (χ2v) is 3.72. The molecule has 0 aliphatic heterocycles. The lowest BCUT2D eigenvalue weighted by atomic mass is 10.2. The van der Waals surface area contributed by atoms with Crippen LogP contribution in [0.5, 0.6) is 0 Å². The van der Waals surface area contributed by atoms with Crippen LogP contribution in [0, 0.1) is 0 Å². The molecule has 0 aromatic carbocycles. The number of hydrogen-bond acceptors (Lipinski definition) is 3. The van der Waals surface area contributed by atoms with Crippen molar-refractivity contribution in [1.29, 1.82) is 0 Å². The Balaban J connectivity index is 2.35. The van der Waals surface area contributed by atoms with Crippen molar-refractivity contribution in [1.82, 2.24) is 15.6 Å². The maximum atomic E-state index is 11.6. The molecule has 2 N–H and O–H groups in total. The van der Waals surface area contributed by atoms with E-state index in [1.807, 2.05) is 6.92 Å². The molecule has 92 valence electrons. The summed E-state index contributed by atoms with van der Waals surface area (Å²) in [6.45, 7) is 2.73. The molecule has 17 heavy (non-hydrogen) atoms. The molecule has 1 aromatic heterocycles. The van der Waals surface area contributed by atoms with Gasteiger partial charge < -0.3 is 10.6 Å². The fraction of sp³-hybridized carbons (Fsp3) is 0.364. The number of carbonyl (C=O) groups excluding carboxylic acids is 2. The highest BCUT2D eigenvalue weighted by atomic mass is 35.5. The maximum absolute atomic E-state index is 11.6. The van der Waals surface area contributed by atoms with Crippen molar-refractivity contribution < 1.29 is 9.59 Å². The predicted octanol–water partition coefficient (Wildman–Crippen LogP) is 0.991. The first kappa shape index (κ1) is 13.4. The lowest BCUT2D eigenvalue weighted by Gasteiger charge is -2.05. The molecule has 1 heterocycles. The maximum Gasteiger partial charge on any atom is 0.252 e. The summed E-state index contributed by atoms with van der Waals surface area (Å²) in [6.07, 6.45) is 1.66. The number of halogens is 1. The van der Waals surface area contributed by atoms with Gasteiger partial charge in [0.05, 0.1) is 5.56 Å². The van der Waals surface area contributed by atoms with Gasteiger partial charge >= 0.3 is 0 Å². The van der Waals surface area contributed by atoms with E-state index >= 15 is 0 Å². The van der Waals surface area contributed by atoms with E-state index in [0.717, 1.165) is 0 Å². The second kappa shape index (κ2) is 6.85. The van der Waals surface area contributed by atoms with Gasteiger partial charge in [-0.2, -0.15) is 0 Å². The SMILES string of the molecule is CCNC(=O)CCNC(=O)c1ccc(Cl)nc1. The summed E-state index contributed by atoms with van der Waals surface area (Å²) in [7, 11) is 0. The van der Waals surface area contributed by atoms with Gasteiger partial charge in [-0.3, -0.25) is 9.59 Å². The van der Waals surface area contributed by atoms with Crippen LogP contribution < -0.4 is 10.6 Å². The first-order chi connectivity index (χ1) is 8.13. The van der Waals surface area contributed by atoms with E-state index in [9.17, 15) is 9.59 Å². The summed E-state index contributed by atoms with van der Waals surface area (Å²) >= 11 is 5.60. The summed E-state index contributed by atoms with van der Waals surface area (Å²) in [6, 6.07) is 3.12. The molecule has 0 radical (unpaired) electrons. The van der Waals surface area contributed by atoms with Crippen molar-refractivity contribution in [3.05, 3.63) is 29.0 Å². The fourth-order valence-corrected chi connectivity index (χ4v) is 1.30. The Kier molecular flexibility index (Phi) is 5.42. The Morgan fingerprint density at radius 1 is 1.35 bits per heavy atom. The lowest BCUT2D eigenvalue weighted by Crippen LogP contribution is -2.30. The Hall–Kier alpha value is -1.62. The number of carbonyl (C=O) groups is 2. The van der Waals surface area contributed by atoms with Crippen molar-refractivity contribution in [3.63, 3.8) is 0 Å². The average Bonchev–Trinajstić information content (AvgIpc) is 2.30. The van der Waals surface area contributed by atoms with Gasteiger partial charge in [-0.05, 0) is 19.1 Å². The largest absolute Gasteiger partial charge is 0.356 e. The summed E-state index contributed by atoms with van der Waals surface area (Å²) in [5, 5.41) is 5.61. The fourth-order valence-electron chi connectivity index (χ4n) is 1.19. The van der Waals surface area contributed by atoms with Crippen LogP contribution >= 0.6 is 11.6 Å². The minimum atomic E-state index is -0.265. The molecule has 0 spiro atoms. The molecule has 6 heteroatoms. The zero-order valence-electron chi connectivity index (χ0n) is 9.50. The Bertz CT molecular complexity index is 392. The molecule has 1 aromatic rings. The van der Waals surface area contributed by atoms with E-state index in [1.165, 1.54) is 6.20 Å². The third-order valence-electron chi connectivity index (χ3n) is 2.00. The Labute approximate surface area is 105 Å². The minimum Gasteiger partial charge on any atom is -0.356 e. The van der Waals surface area contributed by atoms with E-state index in [2.05, 4.69) is 15.6 Å². The average molecular weight is 256 g/mol. The van der Waals surface area contributed by atoms with Crippen molar-refractivity contribution in [2.45, 2.75) is 13.3 Å². The number of pyridine rings is 1. The van der Waals surface area contributed by atoms with Crippen LogP contribution in [0.15, 0.2) is 18.3 Å². The molecule has 0 aliphatic carbocycles. The highest BCUT2D eigenvalue weighted by molar-refractivity contribution is 6.29. The lowest BCUT2D eigenvalue weighted by molar-refractivity contribution is -0.120. The highest BCUT2D eigenvalue weighted by Crippen LogP contribution is 2.04. The van der Waals surface area contributed by atoms with Crippen LogP contribution in [0.4, 0.5) is 0 Å². The van der Waals surface area contributed by atoms with Gasteiger partial charge in [-0.15, -0.1) is 0 Å². The normalized spacial score (nSPS) is 9.76. The third kappa shape index (κ3) is 4.82. The van der Waals surface area contributed by atoms with Gasteiger partial charge in [0.25, 0.3) is 5.91 Å². The van der Waals surface area contributed by atoms with Crippen LogP contribution in [-0.2, 0) is 4.79 Å². The van der Waals surface area contributed by atoms with Gasteiger partial charge in [-0.1, -0.05) is 11.6 Å². The molecule has 0 saturated heterocycles. The number of hydrogen-bond donors (Lipinski definition) is 2. The molecule has 1 rings (SSSR count). The summed E-state index contributed by atoms with van der Waals surface area (Å²) in [5.41, 5.74) is 0.422. The summed E-state index contributed by atoms with van der Waals surface area (Å²) in [5.74, 6) is -0.347. The van der Waals surface area contributed by atoms with Crippen molar-refractivity contribution in [2.75, 3.05) is 13.1 Å². The van der Waals surface area contributed by atoms with Gasteiger partial charge in [0, 0.05) is 25.7 Å². The first-order valence-electron chi connectivity index (χ1n) is 5.30. The number of nitrogens with zero attached hydrogens (tertiary/aromatic N) is 1. The Morgan fingerprint density at radius 3 is 2.71 bits per heavy atom. The van der Waals surface area contributed by atoms with E-state index in [1.54, 1.807) is 12.1 Å². The molecule has 0 unspecified atom stereocenters.